The first-order chi connectivity index (χ1) is 14.6. The molecule has 30 heavy (non-hydrogen) atoms. The van der Waals surface area contributed by atoms with E-state index in [-0.39, 0.29) is 6.61 Å². The van der Waals surface area contributed by atoms with Gasteiger partial charge in [0.05, 0.1) is 16.1 Å². The number of rotatable bonds is 7. The maximum Gasteiger partial charge on any atom is 0.165 e. The molecule has 0 aliphatic rings. The minimum atomic E-state index is 0.287. The van der Waals surface area contributed by atoms with Crippen molar-refractivity contribution in [2.75, 3.05) is 19.0 Å². The first kappa shape index (κ1) is 20.5. The van der Waals surface area contributed by atoms with Crippen LogP contribution < -0.4 is 5.32 Å². The smallest absolute Gasteiger partial charge is 0.165 e. The molecule has 0 saturated carbocycles. The molecule has 0 atom stereocenters. The van der Waals surface area contributed by atoms with E-state index in [1.807, 2.05) is 36.4 Å². The van der Waals surface area contributed by atoms with Crippen molar-refractivity contribution in [2.45, 2.75) is 13.0 Å². The molecule has 6 nitrogen and oxygen atoms in total. The normalized spacial score (nSPS) is 11.0. The Balaban J connectivity index is 1.65. The highest BCUT2D eigenvalue weighted by molar-refractivity contribution is 6.33. The number of fused-ring (bicyclic) bond motifs is 1. The quantitative estimate of drug-likeness (QED) is 0.426. The zero-order valence-electron chi connectivity index (χ0n) is 16.3. The van der Waals surface area contributed by atoms with Crippen LogP contribution in [0.25, 0.3) is 22.4 Å². The van der Waals surface area contributed by atoms with Gasteiger partial charge in [-0.3, -0.25) is 4.98 Å². The zero-order valence-corrected chi connectivity index (χ0v) is 17.8. The third-order valence-electron chi connectivity index (χ3n) is 4.48. The second kappa shape index (κ2) is 9.34. The van der Waals surface area contributed by atoms with E-state index in [0.29, 0.717) is 40.2 Å². The predicted octanol–water partition coefficient (Wildman–Crippen LogP) is 5.19. The summed E-state index contributed by atoms with van der Waals surface area (Å²) in [5.41, 5.74) is 2.97. The Morgan fingerprint density at radius 1 is 1.00 bits per heavy atom. The largest absolute Gasteiger partial charge is 0.377 e. The Morgan fingerprint density at radius 2 is 1.90 bits per heavy atom. The van der Waals surface area contributed by atoms with E-state index >= 15 is 0 Å². The summed E-state index contributed by atoms with van der Waals surface area (Å²) in [6.45, 7) is 0.974. The molecular formula is C22H19Cl2N5O. The molecule has 4 rings (SSSR count). The van der Waals surface area contributed by atoms with Gasteiger partial charge in [-0.15, -0.1) is 0 Å². The number of hydrogen-bond donors (Lipinski definition) is 1. The zero-order chi connectivity index (χ0) is 20.9. The molecule has 3 aromatic heterocycles. The van der Waals surface area contributed by atoms with Crippen LogP contribution in [0, 0.1) is 0 Å². The Kier molecular flexibility index (Phi) is 6.38. The lowest BCUT2D eigenvalue weighted by molar-refractivity contribution is 0.178. The van der Waals surface area contributed by atoms with Gasteiger partial charge in [0, 0.05) is 24.9 Å². The minimum absolute atomic E-state index is 0.287. The van der Waals surface area contributed by atoms with E-state index in [4.69, 9.17) is 27.9 Å². The van der Waals surface area contributed by atoms with Gasteiger partial charge in [0.15, 0.2) is 11.5 Å². The van der Waals surface area contributed by atoms with E-state index in [9.17, 15) is 0 Å². The molecular weight excluding hydrogens is 421 g/mol. The Bertz CT molecular complexity index is 1190. The Morgan fingerprint density at radius 3 is 2.70 bits per heavy atom. The summed E-state index contributed by atoms with van der Waals surface area (Å²) >= 11 is 12.4. The van der Waals surface area contributed by atoms with E-state index in [0.717, 1.165) is 22.4 Å². The number of nitrogens with one attached hydrogen (secondary N) is 1. The van der Waals surface area contributed by atoms with Crippen molar-refractivity contribution in [3.05, 3.63) is 76.2 Å². The van der Waals surface area contributed by atoms with Gasteiger partial charge < -0.3 is 10.1 Å². The Hall–Kier alpha value is -2.80. The Labute approximate surface area is 184 Å². The molecule has 0 spiro atoms. The highest BCUT2D eigenvalue weighted by Crippen LogP contribution is 2.27. The lowest BCUT2D eigenvalue weighted by Crippen LogP contribution is -2.10. The second-order valence-electron chi connectivity index (χ2n) is 6.63. The molecule has 1 aromatic carbocycles. The van der Waals surface area contributed by atoms with Gasteiger partial charge in [-0.05, 0) is 48.4 Å². The molecule has 8 heteroatoms. The standard InChI is InChI=1S/C22H19Cl2N5O/c1-30-13-19-28-21(26-11-9-14-4-2-5-15(23)12-14)16-7-8-18(27-22(16)29-19)20-17(24)6-3-10-25-20/h2-8,10,12H,9,11,13H2,1H3,(H,26,27,28,29). The van der Waals surface area contributed by atoms with Crippen molar-refractivity contribution < 1.29 is 4.74 Å². The lowest BCUT2D eigenvalue weighted by atomic mass is 10.1. The molecule has 0 unspecified atom stereocenters. The van der Waals surface area contributed by atoms with E-state index in [1.54, 1.807) is 25.4 Å². The molecule has 1 N–H and O–H groups in total. The average molecular weight is 440 g/mol. The topological polar surface area (TPSA) is 72.8 Å². The first-order valence-electron chi connectivity index (χ1n) is 9.40. The van der Waals surface area contributed by atoms with Crippen molar-refractivity contribution in [1.29, 1.82) is 0 Å². The van der Waals surface area contributed by atoms with E-state index in [1.165, 1.54) is 0 Å². The van der Waals surface area contributed by atoms with Crippen molar-refractivity contribution in [3.63, 3.8) is 0 Å². The molecule has 0 aliphatic carbocycles. The molecule has 0 amide bonds. The average Bonchev–Trinajstić information content (AvgIpc) is 2.74. The molecule has 0 aliphatic heterocycles. The van der Waals surface area contributed by atoms with Crippen LogP contribution in [0.3, 0.4) is 0 Å². The summed E-state index contributed by atoms with van der Waals surface area (Å²) in [4.78, 5) is 18.2. The van der Waals surface area contributed by atoms with Gasteiger partial charge in [0.1, 0.15) is 18.1 Å². The van der Waals surface area contributed by atoms with Gasteiger partial charge in [-0.1, -0.05) is 35.3 Å². The summed E-state index contributed by atoms with van der Waals surface area (Å²) in [5, 5.41) is 5.48. The maximum absolute atomic E-state index is 6.28. The molecule has 3 heterocycles. The number of methoxy groups -OCH3 is 1. The molecule has 0 fully saturated rings. The fraction of sp³-hybridized carbons (Fsp3) is 0.182. The van der Waals surface area contributed by atoms with Gasteiger partial charge >= 0.3 is 0 Å². The predicted molar refractivity (Wildman–Crippen MR) is 120 cm³/mol. The van der Waals surface area contributed by atoms with Crippen LogP contribution in [0.2, 0.25) is 10.0 Å². The summed E-state index contributed by atoms with van der Waals surface area (Å²) in [5.74, 6) is 1.26. The first-order valence-corrected chi connectivity index (χ1v) is 10.2. The van der Waals surface area contributed by atoms with Gasteiger partial charge in [-0.2, -0.15) is 0 Å². The van der Waals surface area contributed by atoms with Crippen LogP contribution in [0.1, 0.15) is 11.4 Å². The fourth-order valence-electron chi connectivity index (χ4n) is 3.11. The van der Waals surface area contributed by atoms with Crippen molar-refractivity contribution in [1.82, 2.24) is 19.9 Å². The number of nitrogens with zero attached hydrogens (tertiary/aromatic N) is 4. The number of aromatic nitrogens is 4. The van der Waals surface area contributed by atoms with Crippen LogP contribution in [0.15, 0.2) is 54.7 Å². The van der Waals surface area contributed by atoms with Crippen molar-refractivity contribution in [2.24, 2.45) is 0 Å². The van der Waals surface area contributed by atoms with Crippen LogP contribution >= 0.6 is 23.2 Å². The molecule has 0 bridgehead atoms. The molecule has 0 saturated heterocycles. The van der Waals surface area contributed by atoms with Crippen LogP contribution in [-0.4, -0.2) is 33.6 Å². The summed E-state index contributed by atoms with van der Waals surface area (Å²) in [6, 6.07) is 15.2. The van der Waals surface area contributed by atoms with E-state index in [2.05, 4.69) is 25.3 Å². The monoisotopic (exact) mass is 439 g/mol. The third-order valence-corrected chi connectivity index (χ3v) is 5.02. The number of halogens is 2. The fourth-order valence-corrected chi connectivity index (χ4v) is 3.54. The molecule has 4 aromatic rings. The summed E-state index contributed by atoms with van der Waals surface area (Å²) in [6.07, 6.45) is 2.49. The molecule has 0 radical (unpaired) electrons. The summed E-state index contributed by atoms with van der Waals surface area (Å²) in [7, 11) is 1.61. The van der Waals surface area contributed by atoms with Gasteiger partial charge in [-0.25, -0.2) is 15.0 Å². The SMILES string of the molecule is COCc1nc(NCCc2cccc(Cl)c2)c2ccc(-c3ncccc3Cl)nc2n1. The number of pyridine rings is 2. The van der Waals surface area contributed by atoms with Crippen LogP contribution in [0.5, 0.6) is 0 Å². The molecule has 152 valence electrons. The number of ether oxygens (including phenoxy) is 1. The number of hydrogen-bond acceptors (Lipinski definition) is 6. The highest BCUT2D eigenvalue weighted by atomic mass is 35.5. The van der Waals surface area contributed by atoms with Crippen molar-refractivity contribution >= 4 is 40.1 Å². The summed E-state index contributed by atoms with van der Waals surface area (Å²) < 4.78 is 5.22. The lowest BCUT2D eigenvalue weighted by Gasteiger charge is -2.11. The van der Waals surface area contributed by atoms with Crippen LogP contribution in [-0.2, 0) is 17.8 Å². The van der Waals surface area contributed by atoms with Gasteiger partial charge in [0.2, 0.25) is 0 Å². The van der Waals surface area contributed by atoms with Crippen molar-refractivity contribution in [3.8, 4) is 11.4 Å². The number of anilines is 1. The van der Waals surface area contributed by atoms with Gasteiger partial charge in [0.25, 0.3) is 0 Å². The minimum Gasteiger partial charge on any atom is -0.377 e. The third kappa shape index (κ3) is 4.67. The maximum atomic E-state index is 6.28. The number of benzene rings is 1. The second-order valence-corrected chi connectivity index (χ2v) is 7.47. The highest BCUT2D eigenvalue weighted by Gasteiger charge is 2.12. The van der Waals surface area contributed by atoms with Crippen LogP contribution in [0.4, 0.5) is 5.82 Å². The van der Waals surface area contributed by atoms with E-state index < -0.39 is 0 Å².